The minimum absolute atomic E-state index is 0.190. The number of nitrogens with one attached hydrogen (secondary N) is 2. The lowest BCUT2D eigenvalue weighted by molar-refractivity contribution is 0.102. The summed E-state index contributed by atoms with van der Waals surface area (Å²) in [7, 11) is 0. The zero-order valence-electron chi connectivity index (χ0n) is 9.34. The van der Waals surface area contributed by atoms with Gasteiger partial charge in [0, 0.05) is 11.8 Å². The first kappa shape index (κ1) is 11.8. The van der Waals surface area contributed by atoms with Gasteiger partial charge in [-0.15, -0.1) is 0 Å². The lowest BCUT2D eigenvalue weighted by Gasteiger charge is -2.01. The molecule has 0 spiro atoms. The molecule has 0 unspecified atom stereocenters. The Hall–Kier alpha value is -2.72. The maximum atomic E-state index is 11.7. The quantitative estimate of drug-likeness (QED) is 0.630. The lowest BCUT2D eigenvalue weighted by Crippen LogP contribution is -2.13. The zero-order valence-corrected chi connectivity index (χ0v) is 9.34. The van der Waals surface area contributed by atoms with Crippen molar-refractivity contribution in [3.8, 4) is 11.8 Å². The lowest BCUT2D eigenvalue weighted by atomic mass is 10.2. The number of anilines is 1. The van der Waals surface area contributed by atoms with Crippen LogP contribution in [-0.4, -0.2) is 32.8 Å². The van der Waals surface area contributed by atoms with Crippen molar-refractivity contribution in [1.82, 2.24) is 20.4 Å². The number of amides is 1. The van der Waals surface area contributed by atoms with Gasteiger partial charge in [0.15, 0.2) is 5.69 Å². The highest BCUT2D eigenvalue weighted by Crippen LogP contribution is 2.06. The fraction of sp³-hybridized carbons (Fsp3) is 0.0909. The molecule has 0 radical (unpaired) electrons. The molecule has 0 atom stereocenters. The minimum Gasteiger partial charge on any atom is -0.320 e. The summed E-state index contributed by atoms with van der Waals surface area (Å²) in [6.45, 7) is 0.281. The van der Waals surface area contributed by atoms with Gasteiger partial charge >= 0.3 is 0 Å². The number of H-pyrrole nitrogens is 1. The van der Waals surface area contributed by atoms with Crippen LogP contribution in [-0.2, 0) is 0 Å². The van der Waals surface area contributed by atoms with E-state index in [1.807, 2.05) is 0 Å². The van der Waals surface area contributed by atoms with Gasteiger partial charge in [-0.1, -0.05) is 11.8 Å². The molecule has 7 nitrogen and oxygen atoms in total. The van der Waals surface area contributed by atoms with E-state index in [2.05, 4.69) is 37.6 Å². The van der Waals surface area contributed by atoms with E-state index in [9.17, 15) is 4.79 Å². The molecule has 0 saturated heterocycles. The maximum absolute atomic E-state index is 11.7. The molecule has 0 aromatic carbocycles. The van der Waals surface area contributed by atoms with Crippen molar-refractivity contribution in [2.24, 2.45) is 5.73 Å². The number of aromatic nitrogens is 4. The second kappa shape index (κ2) is 5.56. The first-order chi connectivity index (χ1) is 8.79. The van der Waals surface area contributed by atoms with Gasteiger partial charge in [0.1, 0.15) is 5.82 Å². The van der Waals surface area contributed by atoms with Crippen LogP contribution in [0, 0.1) is 11.8 Å². The Morgan fingerprint density at radius 1 is 1.56 bits per heavy atom. The van der Waals surface area contributed by atoms with E-state index in [1.165, 1.54) is 6.20 Å². The number of nitrogens with two attached hydrogens (primary N) is 1. The first-order valence-electron chi connectivity index (χ1n) is 5.11. The summed E-state index contributed by atoms with van der Waals surface area (Å²) >= 11 is 0. The molecule has 0 aliphatic rings. The van der Waals surface area contributed by atoms with Crippen molar-refractivity contribution in [3.63, 3.8) is 0 Å². The highest BCUT2D eigenvalue weighted by molar-refractivity contribution is 6.02. The second-order valence-corrected chi connectivity index (χ2v) is 3.25. The number of pyridine rings is 1. The average molecular weight is 242 g/mol. The Morgan fingerprint density at radius 2 is 2.44 bits per heavy atom. The van der Waals surface area contributed by atoms with Gasteiger partial charge in [-0.05, 0) is 12.1 Å². The van der Waals surface area contributed by atoms with Crippen LogP contribution in [0.25, 0.3) is 0 Å². The van der Waals surface area contributed by atoms with Crippen LogP contribution >= 0.6 is 0 Å². The third-order valence-corrected chi connectivity index (χ3v) is 1.98. The standard InChI is InChI=1S/C11H10N6O/c12-4-1-2-8-3-5-13-10(6-8)15-11(18)9-7-14-17-16-9/h3,5-7H,4,12H2,(H,13,15,18)(H,14,16,17). The summed E-state index contributed by atoms with van der Waals surface area (Å²) in [6, 6.07) is 3.38. The fourth-order valence-corrected chi connectivity index (χ4v) is 1.22. The SMILES string of the molecule is NCC#Cc1ccnc(NC(=O)c2cn[nH]n2)c1. The Kier molecular flexibility index (Phi) is 3.63. The predicted molar refractivity (Wildman–Crippen MR) is 64.5 cm³/mol. The second-order valence-electron chi connectivity index (χ2n) is 3.25. The van der Waals surface area contributed by atoms with Gasteiger partial charge < -0.3 is 11.1 Å². The molecule has 2 heterocycles. The van der Waals surface area contributed by atoms with Crippen molar-refractivity contribution in [1.29, 1.82) is 0 Å². The molecule has 90 valence electrons. The molecule has 0 aliphatic carbocycles. The van der Waals surface area contributed by atoms with Crippen LogP contribution in [0.4, 0.5) is 5.82 Å². The Labute approximate surface area is 103 Å². The molecule has 0 fully saturated rings. The smallest absolute Gasteiger partial charge is 0.278 e. The number of carbonyl (C=O) groups excluding carboxylic acids is 1. The molecular weight excluding hydrogens is 232 g/mol. The number of nitrogens with zero attached hydrogens (tertiary/aromatic N) is 3. The Morgan fingerprint density at radius 3 is 3.17 bits per heavy atom. The van der Waals surface area contributed by atoms with Crippen LogP contribution in [0.1, 0.15) is 16.1 Å². The van der Waals surface area contributed by atoms with Gasteiger partial charge in [-0.25, -0.2) is 4.98 Å². The van der Waals surface area contributed by atoms with E-state index in [0.29, 0.717) is 5.82 Å². The van der Waals surface area contributed by atoms with Crippen LogP contribution in [0.5, 0.6) is 0 Å². The van der Waals surface area contributed by atoms with E-state index in [1.54, 1.807) is 18.3 Å². The van der Waals surface area contributed by atoms with Gasteiger partial charge in [0.05, 0.1) is 12.7 Å². The molecule has 2 aromatic heterocycles. The average Bonchev–Trinajstić information content (AvgIpc) is 2.91. The van der Waals surface area contributed by atoms with Crippen LogP contribution in [0.2, 0.25) is 0 Å². The molecule has 7 heteroatoms. The summed E-state index contributed by atoms with van der Waals surface area (Å²) in [5.41, 5.74) is 6.20. The third-order valence-electron chi connectivity index (χ3n) is 1.98. The topological polar surface area (TPSA) is 110 Å². The van der Waals surface area contributed by atoms with Crippen molar-refractivity contribution >= 4 is 11.7 Å². The highest BCUT2D eigenvalue weighted by atomic mass is 16.2. The highest BCUT2D eigenvalue weighted by Gasteiger charge is 2.09. The van der Waals surface area contributed by atoms with Crippen molar-refractivity contribution in [2.45, 2.75) is 0 Å². The molecule has 18 heavy (non-hydrogen) atoms. The van der Waals surface area contributed by atoms with E-state index in [4.69, 9.17) is 5.73 Å². The number of hydrogen-bond donors (Lipinski definition) is 3. The van der Waals surface area contributed by atoms with Gasteiger partial charge in [0.2, 0.25) is 0 Å². The molecule has 2 rings (SSSR count). The molecule has 4 N–H and O–H groups in total. The van der Waals surface area contributed by atoms with Crippen molar-refractivity contribution in [2.75, 3.05) is 11.9 Å². The van der Waals surface area contributed by atoms with Crippen LogP contribution in [0.15, 0.2) is 24.5 Å². The minimum atomic E-state index is -0.389. The summed E-state index contributed by atoms with van der Waals surface area (Å²) in [5, 5.41) is 12.2. The van der Waals surface area contributed by atoms with Crippen LogP contribution < -0.4 is 11.1 Å². The normalized spacial score (nSPS) is 9.39. The van der Waals surface area contributed by atoms with Crippen molar-refractivity contribution < 1.29 is 4.79 Å². The number of carbonyl (C=O) groups is 1. The summed E-state index contributed by atoms with van der Waals surface area (Å²) in [6.07, 6.45) is 2.88. The van der Waals surface area contributed by atoms with E-state index < -0.39 is 0 Å². The third kappa shape index (κ3) is 2.90. The van der Waals surface area contributed by atoms with Crippen LogP contribution in [0.3, 0.4) is 0 Å². The number of aromatic amines is 1. The largest absolute Gasteiger partial charge is 0.320 e. The summed E-state index contributed by atoms with van der Waals surface area (Å²) in [4.78, 5) is 15.7. The maximum Gasteiger partial charge on any atom is 0.278 e. The summed E-state index contributed by atoms with van der Waals surface area (Å²) in [5.74, 6) is 5.58. The molecule has 0 saturated carbocycles. The summed E-state index contributed by atoms with van der Waals surface area (Å²) < 4.78 is 0. The Balaban J connectivity index is 2.12. The molecular formula is C11H10N6O. The Bertz CT molecular complexity index is 595. The molecule has 1 amide bonds. The van der Waals surface area contributed by atoms with E-state index in [0.717, 1.165) is 5.56 Å². The first-order valence-corrected chi connectivity index (χ1v) is 5.11. The van der Waals surface area contributed by atoms with E-state index >= 15 is 0 Å². The predicted octanol–water partition coefficient (Wildman–Crippen LogP) is -0.238. The monoisotopic (exact) mass is 242 g/mol. The molecule has 0 bridgehead atoms. The molecule has 2 aromatic rings. The fourth-order valence-electron chi connectivity index (χ4n) is 1.22. The number of rotatable bonds is 2. The van der Waals surface area contributed by atoms with Crippen molar-refractivity contribution in [3.05, 3.63) is 35.8 Å². The zero-order chi connectivity index (χ0) is 12.8. The van der Waals surface area contributed by atoms with Gasteiger partial charge in [0.25, 0.3) is 5.91 Å². The van der Waals surface area contributed by atoms with Gasteiger partial charge in [-0.2, -0.15) is 15.4 Å². The molecule has 0 aliphatic heterocycles. The van der Waals surface area contributed by atoms with E-state index in [-0.39, 0.29) is 18.1 Å². The number of hydrogen-bond acceptors (Lipinski definition) is 5. The van der Waals surface area contributed by atoms with Gasteiger partial charge in [-0.3, -0.25) is 4.79 Å².